The third kappa shape index (κ3) is 4.81. The molecule has 0 heterocycles. The van der Waals surface area contributed by atoms with Gasteiger partial charge in [-0.1, -0.05) is 23.4 Å². The Morgan fingerprint density at radius 2 is 2.00 bits per heavy atom. The summed E-state index contributed by atoms with van der Waals surface area (Å²) in [5.74, 6) is 0.0000257. The molecule has 0 amide bonds. The molecule has 0 saturated heterocycles. The van der Waals surface area contributed by atoms with Crippen LogP contribution in [0.1, 0.15) is 16.7 Å². The van der Waals surface area contributed by atoms with Crippen molar-refractivity contribution in [1.29, 1.82) is 5.26 Å². The minimum absolute atomic E-state index is 0.0244. The molecule has 8 heteroatoms. The smallest absolute Gasteiger partial charge is 0.387 e. The summed E-state index contributed by atoms with van der Waals surface area (Å²) < 4.78 is 34.0. The molecule has 25 heavy (non-hydrogen) atoms. The maximum atomic E-state index is 12.3. The zero-order valence-corrected chi connectivity index (χ0v) is 13.3. The van der Waals surface area contributed by atoms with Gasteiger partial charge in [0.2, 0.25) is 0 Å². The van der Waals surface area contributed by atoms with Crippen LogP contribution in [0, 0.1) is 11.3 Å². The van der Waals surface area contributed by atoms with Crippen molar-refractivity contribution in [3.05, 3.63) is 59.2 Å². The second-order valence-electron chi connectivity index (χ2n) is 4.76. The molecule has 0 aliphatic heterocycles. The van der Waals surface area contributed by atoms with Crippen LogP contribution in [0.15, 0.2) is 47.6 Å². The van der Waals surface area contributed by atoms with E-state index in [0.29, 0.717) is 16.7 Å². The highest BCUT2D eigenvalue weighted by Gasteiger charge is 2.12. The maximum absolute atomic E-state index is 12.3. The quantitative estimate of drug-likeness (QED) is 0.472. The summed E-state index contributed by atoms with van der Waals surface area (Å²) in [5.41, 5.74) is 7.37. The van der Waals surface area contributed by atoms with Gasteiger partial charge in [-0.25, -0.2) is 0 Å². The van der Waals surface area contributed by atoms with Gasteiger partial charge in [-0.15, -0.1) is 0 Å². The van der Waals surface area contributed by atoms with Crippen LogP contribution in [0.3, 0.4) is 0 Å². The van der Waals surface area contributed by atoms with Gasteiger partial charge in [-0.3, -0.25) is 0 Å². The summed E-state index contributed by atoms with van der Waals surface area (Å²) in [5, 5.41) is 12.8. The lowest BCUT2D eigenvalue weighted by molar-refractivity contribution is -0.0512. The molecule has 0 aliphatic carbocycles. The summed E-state index contributed by atoms with van der Waals surface area (Å²) in [6, 6.07) is 13.1. The van der Waals surface area contributed by atoms with Gasteiger partial charge in [0, 0.05) is 11.1 Å². The first kappa shape index (κ1) is 18.0. The highest BCUT2D eigenvalue weighted by molar-refractivity contribution is 5.97. The average molecular weight is 347 g/mol. The van der Waals surface area contributed by atoms with E-state index >= 15 is 0 Å². The molecule has 0 saturated carbocycles. The van der Waals surface area contributed by atoms with E-state index in [-0.39, 0.29) is 23.9 Å². The van der Waals surface area contributed by atoms with Gasteiger partial charge in [-0.2, -0.15) is 14.0 Å². The zero-order chi connectivity index (χ0) is 18.2. The number of nitrogens with two attached hydrogens (primary N) is 1. The SMILES string of the molecule is COc1cc(/C(N)=N/OCc2ccccc2C#N)ccc1OC(F)F. The number of methoxy groups -OCH3 is 1. The van der Waals surface area contributed by atoms with Gasteiger partial charge in [-0.05, 0) is 24.3 Å². The van der Waals surface area contributed by atoms with E-state index in [2.05, 4.69) is 16.0 Å². The van der Waals surface area contributed by atoms with Crippen LogP contribution in [0.25, 0.3) is 0 Å². The van der Waals surface area contributed by atoms with Crippen LogP contribution in [0.4, 0.5) is 8.78 Å². The lowest BCUT2D eigenvalue weighted by Gasteiger charge is -2.11. The Labute approximate surface area is 143 Å². The van der Waals surface area contributed by atoms with Crippen molar-refractivity contribution in [2.45, 2.75) is 13.2 Å². The topological polar surface area (TPSA) is 89.9 Å². The van der Waals surface area contributed by atoms with Crippen LogP contribution in [-0.2, 0) is 11.4 Å². The highest BCUT2D eigenvalue weighted by atomic mass is 19.3. The van der Waals surface area contributed by atoms with Gasteiger partial charge >= 0.3 is 6.61 Å². The molecule has 0 bridgehead atoms. The standard InChI is InChI=1S/C17H15F2N3O3/c1-23-15-8-11(6-7-14(15)25-17(18)19)16(21)22-24-10-13-5-3-2-4-12(13)9-20/h2-8,17H,10H2,1H3,(H2,21,22). The van der Waals surface area contributed by atoms with Crippen molar-refractivity contribution in [3.8, 4) is 17.6 Å². The Hall–Kier alpha value is -3.34. The number of halogens is 2. The summed E-state index contributed by atoms with van der Waals surface area (Å²) >= 11 is 0. The van der Waals surface area contributed by atoms with Crippen molar-refractivity contribution in [1.82, 2.24) is 0 Å². The van der Waals surface area contributed by atoms with E-state index in [9.17, 15) is 8.78 Å². The monoisotopic (exact) mass is 347 g/mol. The van der Waals surface area contributed by atoms with Crippen molar-refractivity contribution in [3.63, 3.8) is 0 Å². The molecule has 0 unspecified atom stereocenters. The second kappa shape index (κ2) is 8.49. The van der Waals surface area contributed by atoms with Crippen LogP contribution in [0.5, 0.6) is 11.5 Å². The van der Waals surface area contributed by atoms with Gasteiger partial charge in [0.15, 0.2) is 17.3 Å². The van der Waals surface area contributed by atoms with Crippen LogP contribution in [0.2, 0.25) is 0 Å². The lowest BCUT2D eigenvalue weighted by atomic mass is 10.1. The fraction of sp³-hybridized carbons (Fsp3) is 0.176. The first-order chi connectivity index (χ1) is 12.0. The van der Waals surface area contributed by atoms with Crippen LogP contribution >= 0.6 is 0 Å². The fourth-order valence-corrected chi connectivity index (χ4v) is 2.00. The first-order valence-electron chi connectivity index (χ1n) is 7.11. The molecule has 0 spiro atoms. The minimum atomic E-state index is -2.96. The Morgan fingerprint density at radius 3 is 2.68 bits per heavy atom. The number of amidine groups is 1. The molecule has 0 radical (unpaired) electrons. The van der Waals surface area contributed by atoms with Crippen LogP contribution < -0.4 is 15.2 Å². The molecule has 2 rings (SSSR count). The highest BCUT2D eigenvalue weighted by Crippen LogP contribution is 2.29. The van der Waals surface area contributed by atoms with Crippen molar-refractivity contribution >= 4 is 5.84 Å². The fourth-order valence-electron chi connectivity index (χ4n) is 2.00. The minimum Gasteiger partial charge on any atom is -0.493 e. The van der Waals surface area contributed by atoms with E-state index in [4.69, 9.17) is 20.6 Å². The third-order valence-corrected chi connectivity index (χ3v) is 3.20. The van der Waals surface area contributed by atoms with Crippen molar-refractivity contribution in [2.75, 3.05) is 7.11 Å². The Bertz CT molecular complexity index is 804. The molecule has 0 fully saturated rings. The van der Waals surface area contributed by atoms with Gasteiger partial charge in [0.05, 0.1) is 18.7 Å². The molecule has 0 aliphatic rings. The van der Waals surface area contributed by atoms with Gasteiger partial charge in [0.1, 0.15) is 6.61 Å². The Kier molecular flexibility index (Phi) is 6.12. The molecule has 0 atom stereocenters. The van der Waals surface area contributed by atoms with E-state index in [1.165, 1.54) is 25.3 Å². The van der Waals surface area contributed by atoms with Crippen molar-refractivity contribution in [2.24, 2.45) is 10.9 Å². The number of oxime groups is 1. The molecule has 2 aromatic rings. The summed E-state index contributed by atoms with van der Waals surface area (Å²) in [6.07, 6.45) is 0. The van der Waals surface area contributed by atoms with Crippen molar-refractivity contribution < 1.29 is 23.1 Å². The summed E-state index contributed by atoms with van der Waals surface area (Å²) in [4.78, 5) is 5.17. The number of alkyl halides is 2. The molecule has 6 nitrogen and oxygen atoms in total. The summed E-state index contributed by atoms with van der Waals surface area (Å²) in [7, 11) is 1.32. The Balaban J connectivity index is 2.10. The van der Waals surface area contributed by atoms with Gasteiger partial charge in [0.25, 0.3) is 0 Å². The maximum Gasteiger partial charge on any atom is 0.387 e. The first-order valence-corrected chi connectivity index (χ1v) is 7.11. The third-order valence-electron chi connectivity index (χ3n) is 3.20. The number of hydrogen-bond acceptors (Lipinski definition) is 5. The molecule has 0 aromatic heterocycles. The zero-order valence-electron chi connectivity index (χ0n) is 13.3. The van der Waals surface area contributed by atoms with E-state index in [1.807, 2.05) is 0 Å². The Morgan fingerprint density at radius 1 is 1.24 bits per heavy atom. The largest absolute Gasteiger partial charge is 0.493 e. The molecule has 2 N–H and O–H groups in total. The number of benzene rings is 2. The van der Waals surface area contributed by atoms with Crippen LogP contribution in [-0.4, -0.2) is 19.6 Å². The average Bonchev–Trinajstić information content (AvgIpc) is 2.61. The summed E-state index contributed by atoms with van der Waals surface area (Å²) in [6.45, 7) is -2.90. The normalized spacial score (nSPS) is 11.1. The molecule has 2 aromatic carbocycles. The second-order valence-corrected chi connectivity index (χ2v) is 4.76. The number of ether oxygens (including phenoxy) is 2. The van der Waals surface area contributed by atoms with E-state index in [1.54, 1.807) is 24.3 Å². The molecule has 130 valence electrons. The van der Waals surface area contributed by atoms with Gasteiger partial charge < -0.3 is 20.0 Å². The lowest BCUT2D eigenvalue weighted by Crippen LogP contribution is -2.14. The predicted octanol–water partition coefficient (Wildman–Crippen LogP) is 3.01. The number of nitriles is 1. The number of rotatable bonds is 7. The molecular formula is C17H15F2N3O3. The number of nitrogens with zero attached hydrogens (tertiary/aromatic N) is 2. The number of hydrogen-bond donors (Lipinski definition) is 1. The van der Waals surface area contributed by atoms with E-state index < -0.39 is 6.61 Å². The molecular weight excluding hydrogens is 332 g/mol. The van der Waals surface area contributed by atoms with E-state index in [0.717, 1.165) is 0 Å². The predicted molar refractivity (Wildman–Crippen MR) is 86.3 cm³/mol.